The lowest BCUT2D eigenvalue weighted by atomic mass is 10.0. The second-order valence-corrected chi connectivity index (χ2v) is 8.73. The number of nitrogens with zero attached hydrogens (tertiary/aromatic N) is 2. The van der Waals surface area contributed by atoms with Gasteiger partial charge < -0.3 is 10.6 Å². The first-order valence-electron chi connectivity index (χ1n) is 9.54. The van der Waals surface area contributed by atoms with Gasteiger partial charge in [0.1, 0.15) is 10.4 Å². The number of carbonyl (C=O) groups excluding carboxylic acids is 1. The lowest BCUT2D eigenvalue weighted by Gasteiger charge is -2.18. The van der Waals surface area contributed by atoms with Crippen LogP contribution in [0.5, 0.6) is 0 Å². The first kappa shape index (κ1) is 24.0. The van der Waals surface area contributed by atoms with Gasteiger partial charge in [-0.15, -0.1) is 0 Å². The van der Waals surface area contributed by atoms with E-state index in [0.717, 1.165) is 0 Å². The van der Waals surface area contributed by atoms with Gasteiger partial charge in [-0.25, -0.2) is 9.98 Å². The van der Waals surface area contributed by atoms with Gasteiger partial charge in [-0.05, 0) is 45.2 Å². The number of amides is 1. The Bertz CT molecular complexity index is 1160. The molecule has 9 heteroatoms. The van der Waals surface area contributed by atoms with Crippen molar-refractivity contribution in [3.63, 3.8) is 0 Å². The van der Waals surface area contributed by atoms with Gasteiger partial charge in [-0.1, -0.05) is 36.9 Å². The molecule has 31 heavy (non-hydrogen) atoms. The molecule has 0 saturated heterocycles. The maximum Gasteiger partial charge on any atom is 0.295 e. The Morgan fingerprint density at radius 2 is 1.94 bits per heavy atom. The summed E-state index contributed by atoms with van der Waals surface area (Å²) in [6, 6.07) is 11.7. The number of nitrogens with one attached hydrogen (secondary N) is 2. The minimum Gasteiger partial charge on any atom is -0.389 e. The topological polar surface area (TPSA) is 120 Å². The number of hydrogen-bond donors (Lipinski definition) is 3. The van der Waals surface area contributed by atoms with Crippen LogP contribution in [0.2, 0.25) is 0 Å². The minimum atomic E-state index is -4.40. The average Bonchev–Trinajstić information content (AvgIpc) is 2.70. The zero-order valence-corrected chi connectivity index (χ0v) is 18.5. The van der Waals surface area contributed by atoms with Gasteiger partial charge in [0.25, 0.3) is 16.0 Å². The molecule has 3 N–H and O–H groups in total. The molecule has 0 radical (unpaired) electrons. The van der Waals surface area contributed by atoms with Crippen LogP contribution in [-0.2, 0) is 14.9 Å². The highest BCUT2D eigenvalue weighted by Gasteiger charge is 2.27. The monoisotopic (exact) mass is 442 g/mol. The Balaban J connectivity index is 2.20. The average molecular weight is 443 g/mol. The smallest absolute Gasteiger partial charge is 0.295 e. The lowest BCUT2D eigenvalue weighted by molar-refractivity contribution is -0.119. The summed E-state index contributed by atoms with van der Waals surface area (Å²) >= 11 is 0. The van der Waals surface area contributed by atoms with E-state index in [2.05, 4.69) is 33.2 Å². The Morgan fingerprint density at radius 1 is 1.26 bits per heavy atom. The highest BCUT2D eigenvalue weighted by atomic mass is 32.2. The number of fused-ring (bicyclic) bond motifs is 1. The van der Waals surface area contributed by atoms with E-state index in [-0.39, 0.29) is 10.9 Å². The maximum atomic E-state index is 12.8. The molecular formula is C22H26N4O4S. The van der Waals surface area contributed by atoms with Gasteiger partial charge in [-0.3, -0.25) is 9.35 Å². The number of allylic oxidation sites excluding steroid dienone is 2. The van der Waals surface area contributed by atoms with Gasteiger partial charge in [-0.2, -0.15) is 8.42 Å². The largest absolute Gasteiger partial charge is 0.389 e. The van der Waals surface area contributed by atoms with E-state index in [1.807, 2.05) is 6.92 Å². The summed E-state index contributed by atoms with van der Waals surface area (Å²) in [7, 11) is -4.40. The molecule has 8 nitrogen and oxygen atoms in total. The molecule has 0 bridgehead atoms. The lowest BCUT2D eigenvalue weighted by Crippen LogP contribution is -2.35. The molecule has 0 heterocycles. The van der Waals surface area contributed by atoms with Crippen molar-refractivity contribution in [1.29, 1.82) is 0 Å². The van der Waals surface area contributed by atoms with Crippen LogP contribution in [0.25, 0.3) is 10.8 Å². The predicted octanol–water partition coefficient (Wildman–Crippen LogP) is 3.66. The van der Waals surface area contributed by atoms with Crippen LogP contribution in [-0.4, -0.2) is 43.0 Å². The third-order valence-corrected chi connectivity index (χ3v) is 5.25. The Kier molecular flexibility index (Phi) is 7.88. The molecular weight excluding hydrogens is 416 g/mol. The second kappa shape index (κ2) is 10.2. The van der Waals surface area contributed by atoms with Gasteiger partial charge in [0.15, 0.2) is 0 Å². The molecule has 2 aromatic carbocycles. The maximum absolute atomic E-state index is 12.8. The zero-order chi connectivity index (χ0) is 23.1. The van der Waals surface area contributed by atoms with Crippen molar-refractivity contribution in [3.05, 3.63) is 61.3 Å². The normalized spacial score (nSPS) is 12.8. The molecule has 0 fully saturated rings. The standard InChI is InChI=1S/C22H26N4O4S/c1-5-6-13-23-14-16(2)24-15-25-22(3,4)21(27)26-19-11-7-10-18-17(19)9-8-12-20(18)31(28,29)30/h5-13,16,23H,1,14H2,2-4H3,(H,26,27)(H,28,29,30)/b13-6+. The molecule has 0 spiro atoms. The molecule has 1 atom stereocenters. The minimum absolute atomic E-state index is 0.103. The first-order valence-corrected chi connectivity index (χ1v) is 11.0. The summed E-state index contributed by atoms with van der Waals surface area (Å²) in [5.41, 5.74) is -0.762. The van der Waals surface area contributed by atoms with E-state index in [4.69, 9.17) is 0 Å². The van der Waals surface area contributed by atoms with Crippen LogP contribution in [0, 0.1) is 0 Å². The summed E-state index contributed by atoms with van der Waals surface area (Å²) in [6.07, 6.45) is 5.18. The van der Waals surface area contributed by atoms with Crippen LogP contribution < -0.4 is 10.6 Å². The Hall–Kier alpha value is -3.26. The molecule has 2 rings (SSSR count). The Morgan fingerprint density at radius 3 is 2.61 bits per heavy atom. The first-order chi connectivity index (χ1) is 14.6. The molecule has 0 aliphatic rings. The van der Waals surface area contributed by atoms with Crippen molar-refractivity contribution in [2.75, 3.05) is 11.9 Å². The number of hydrogen-bond acceptors (Lipinski definition) is 6. The fourth-order valence-corrected chi connectivity index (χ4v) is 3.32. The summed E-state index contributed by atoms with van der Waals surface area (Å²) in [5, 5.41) is 6.60. The second-order valence-electron chi connectivity index (χ2n) is 7.34. The SMILES string of the molecule is C=C/C=C/NCC(C)N=C=NC(C)(C)C(=O)Nc1cccc2c(S(=O)(=O)O)cccc12. The predicted molar refractivity (Wildman–Crippen MR) is 123 cm³/mol. The molecule has 0 aliphatic heterocycles. The van der Waals surface area contributed by atoms with Crippen molar-refractivity contribution in [2.24, 2.45) is 9.98 Å². The van der Waals surface area contributed by atoms with E-state index in [1.54, 1.807) is 56.5 Å². The van der Waals surface area contributed by atoms with Gasteiger partial charge in [0.05, 0.1) is 12.1 Å². The van der Waals surface area contributed by atoms with E-state index >= 15 is 0 Å². The fourth-order valence-electron chi connectivity index (χ4n) is 2.61. The van der Waals surface area contributed by atoms with Crippen LogP contribution in [0.4, 0.5) is 5.69 Å². The van der Waals surface area contributed by atoms with Crippen LogP contribution in [0.3, 0.4) is 0 Å². The summed E-state index contributed by atoms with van der Waals surface area (Å²) in [5.74, 6) is -0.417. The number of carbonyl (C=O) groups is 1. The summed E-state index contributed by atoms with van der Waals surface area (Å²) in [4.78, 5) is 20.9. The quantitative estimate of drug-likeness (QED) is 0.311. The van der Waals surface area contributed by atoms with Crippen molar-refractivity contribution in [3.8, 4) is 0 Å². The number of benzene rings is 2. The van der Waals surface area contributed by atoms with Crippen molar-refractivity contribution < 1.29 is 17.8 Å². The summed E-state index contributed by atoms with van der Waals surface area (Å²) < 4.78 is 32.7. The molecule has 0 aliphatic carbocycles. The zero-order valence-electron chi connectivity index (χ0n) is 17.7. The number of aliphatic imine (C=N–C) groups is 2. The molecule has 0 aromatic heterocycles. The fraction of sp³-hybridized carbons (Fsp3) is 0.273. The number of anilines is 1. The summed E-state index contributed by atoms with van der Waals surface area (Å²) in [6.45, 7) is 9.28. The molecule has 164 valence electrons. The van der Waals surface area contributed by atoms with Crippen molar-refractivity contribution >= 4 is 38.5 Å². The molecule has 1 unspecified atom stereocenters. The van der Waals surface area contributed by atoms with E-state index in [9.17, 15) is 17.8 Å². The molecule has 0 saturated carbocycles. The Labute approximate surface area is 182 Å². The third kappa shape index (κ3) is 6.62. The van der Waals surface area contributed by atoms with E-state index < -0.39 is 21.6 Å². The van der Waals surface area contributed by atoms with Crippen LogP contribution >= 0.6 is 0 Å². The highest BCUT2D eigenvalue weighted by Crippen LogP contribution is 2.29. The van der Waals surface area contributed by atoms with Gasteiger partial charge in [0.2, 0.25) is 0 Å². The van der Waals surface area contributed by atoms with Crippen LogP contribution in [0.15, 0.2) is 76.2 Å². The van der Waals surface area contributed by atoms with Crippen molar-refractivity contribution in [1.82, 2.24) is 5.32 Å². The van der Waals surface area contributed by atoms with Crippen LogP contribution in [0.1, 0.15) is 20.8 Å². The molecule has 1 amide bonds. The van der Waals surface area contributed by atoms with Crippen molar-refractivity contribution in [2.45, 2.75) is 37.2 Å². The highest BCUT2D eigenvalue weighted by molar-refractivity contribution is 7.86. The van der Waals surface area contributed by atoms with Gasteiger partial charge in [0, 0.05) is 23.0 Å². The van der Waals surface area contributed by atoms with E-state index in [0.29, 0.717) is 23.0 Å². The van der Waals surface area contributed by atoms with Gasteiger partial charge >= 0.3 is 0 Å². The third-order valence-electron chi connectivity index (χ3n) is 4.33. The number of rotatable bonds is 9. The van der Waals surface area contributed by atoms with E-state index in [1.165, 1.54) is 12.1 Å². The molecule has 2 aromatic rings.